The summed E-state index contributed by atoms with van der Waals surface area (Å²) in [6.45, 7) is 10.4. The van der Waals surface area contributed by atoms with Gasteiger partial charge in [-0.3, -0.25) is 0 Å². The number of hydrogen-bond acceptors (Lipinski definition) is 4. The normalized spacial score (nSPS) is 22.3. The number of benzene rings is 1. The predicted octanol–water partition coefficient (Wildman–Crippen LogP) is 13.5. The Balaban J connectivity index is 1.81. The van der Waals surface area contributed by atoms with Crippen LogP contribution in [0.25, 0.3) is 12.2 Å². The van der Waals surface area contributed by atoms with Crippen LogP contribution in [0.4, 0.5) is 0 Å². The van der Waals surface area contributed by atoms with E-state index in [-0.39, 0.29) is 7.31 Å². The average Bonchev–Trinajstić information content (AvgIpc) is 3.50. The van der Waals surface area contributed by atoms with Gasteiger partial charge in [0.25, 0.3) is 0 Å². The highest BCUT2D eigenvalue weighted by atomic mass is 79.9. The first-order chi connectivity index (χ1) is 20.3. The number of halogens is 2. The molecule has 1 aromatic carbocycles. The molecule has 6 heteroatoms. The van der Waals surface area contributed by atoms with Crippen LogP contribution in [0.5, 0.6) is 11.5 Å². The molecule has 0 aromatic heterocycles. The van der Waals surface area contributed by atoms with Gasteiger partial charge in [0.05, 0.1) is 20.5 Å². The minimum absolute atomic E-state index is 0.0986. The zero-order valence-corrected chi connectivity index (χ0v) is 31.1. The van der Waals surface area contributed by atoms with E-state index in [0.717, 1.165) is 61.5 Å². The predicted molar refractivity (Wildman–Crippen MR) is 197 cm³/mol. The van der Waals surface area contributed by atoms with Crippen molar-refractivity contribution in [3.63, 3.8) is 0 Å². The Labute approximate surface area is 282 Å². The van der Waals surface area contributed by atoms with Crippen LogP contribution in [-0.2, 0) is 0 Å². The van der Waals surface area contributed by atoms with Gasteiger partial charge < -0.3 is 9.47 Å². The molecule has 0 N–H and O–H groups in total. The molecule has 0 saturated carbocycles. The van der Waals surface area contributed by atoms with Gasteiger partial charge in [0.1, 0.15) is 11.5 Å². The lowest BCUT2D eigenvalue weighted by molar-refractivity contribution is 0.295. The number of thioether (sulfide) groups is 2. The summed E-state index contributed by atoms with van der Waals surface area (Å²) in [4.78, 5) is 0. The number of hydrogen-bond donors (Lipinski definition) is 0. The van der Waals surface area contributed by atoms with Gasteiger partial charge >= 0.3 is 0 Å². The van der Waals surface area contributed by atoms with Gasteiger partial charge in [-0.05, 0) is 62.5 Å². The van der Waals surface area contributed by atoms with Crippen molar-refractivity contribution in [3.8, 4) is 11.5 Å². The van der Waals surface area contributed by atoms with Crippen molar-refractivity contribution in [2.45, 2.75) is 125 Å². The fourth-order valence-corrected chi connectivity index (χ4v) is 8.77. The molecule has 2 aliphatic heterocycles. The standard InChI is InChI=1S/C36H52Br2O2S2/c1-5-7-9-11-13-15-21-39-33-23-32(18-20-36(38)26-30(4)28-42-36)34(40-22-16-14-12-10-8-6-2)24-31(33)17-19-35(37)25-29(3)27-41-35/h17-20,23-24,27-28H,5-16,21-22,25-26H2,1-4H3. The number of allylic oxidation sites excluding steroid dienone is 2. The van der Waals surface area contributed by atoms with Crippen molar-refractivity contribution in [1.29, 1.82) is 0 Å². The summed E-state index contributed by atoms with van der Waals surface area (Å²) >= 11 is 11.6. The molecule has 234 valence electrons. The van der Waals surface area contributed by atoms with Gasteiger partial charge in [0.2, 0.25) is 0 Å². The molecule has 2 atom stereocenters. The molecule has 0 bridgehead atoms. The van der Waals surface area contributed by atoms with Gasteiger partial charge in [-0.15, -0.1) is 23.5 Å². The first-order valence-electron chi connectivity index (χ1n) is 16.1. The zero-order valence-electron chi connectivity index (χ0n) is 26.3. The highest BCUT2D eigenvalue weighted by Crippen LogP contribution is 2.48. The van der Waals surface area contributed by atoms with E-state index in [1.54, 1.807) is 0 Å². The summed E-state index contributed by atoms with van der Waals surface area (Å²) in [7, 11) is 0. The minimum atomic E-state index is -0.0986. The van der Waals surface area contributed by atoms with Crippen LogP contribution in [0.1, 0.15) is 129 Å². The van der Waals surface area contributed by atoms with Gasteiger partial charge in [-0.2, -0.15) is 0 Å². The third-order valence-corrected chi connectivity index (χ3v) is 12.2. The van der Waals surface area contributed by atoms with Crippen LogP contribution in [0, 0.1) is 0 Å². The van der Waals surface area contributed by atoms with Crippen LogP contribution in [-0.4, -0.2) is 20.5 Å². The average molecular weight is 741 g/mol. The Morgan fingerprint density at radius 1 is 0.643 bits per heavy atom. The van der Waals surface area contributed by atoms with Gasteiger partial charge in [0.15, 0.2) is 0 Å². The van der Waals surface area contributed by atoms with Crippen molar-refractivity contribution in [3.05, 3.63) is 57.4 Å². The molecular formula is C36H52Br2O2S2. The molecule has 0 saturated heterocycles. The van der Waals surface area contributed by atoms with Crippen molar-refractivity contribution in [2.24, 2.45) is 0 Å². The van der Waals surface area contributed by atoms with E-state index in [1.165, 1.54) is 75.4 Å². The van der Waals surface area contributed by atoms with E-state index in [0.29, 0.717) is 0 Å². The molecule has 0 amide bonds. The van der Waals surface area contributed by atoms with Crippen LogP contribution in [0.3, 0.4) is 0 Å². The highest BCUT2D eigenvalue weighted by molar-refractivity contribution is 9.12. The van der Waals surface area contributed by atoms with Gasteiger partial charge in [0, 0.05) is 11.1 Å². The summed E-state index contributed by atoms with van der Waals surface area (Å²) in [6.07, 6.45) is 26.1. The van der Waals surface area contributed by atoms with E-state index >= 15 is 0 Å². The lowest BCUT2D eigenvalue weighted by atomic mass is 10.0. The summed E-state index contributed by atoms with van der Waals surface area (Å²) in [5.41, 5.74) is 4.98. The molecule has 0 spiro atoms. The molecule has 0 radical (unpaired) electrons. The maximum absolute atomic E-state index is 6.50. The van der Waals surface area contributed by atoms with Crippen molar-refractivity contribution < 1.29 is 9.47 Å². The van der Waals surface area contributed by atoms with E-state index in [4.69, 9.17) is 9.47 Å². The topological polar surface area (TPSA) is 18.5 Å². The summed E-state index contributed by atoms with van der Waals surface area (Å²) in [5, 5.41) is 4.51. The maximum atomic E-state index is 6.50. The third-order valence-electron chi connectivity index (χ3n) is 7.63. The Morgan fingerprint density at radius 2 is 1.02 bits per heavy atom. The van der Waals surface area contributed by atoms with Crippen LogP contribution < -0.4 is 9.47 Å². The van der Waals surface area contributed by atoms with Gasteiger partial charge in [-0.25, -0.2) is 0 Å². The van der Waals surface area contributed by atoms with E-state index in [1.807, 2.05) is 23.5 Å². The molecular weight excluding hydrogens is 688 g/mol. The summed E-state index contributed by atoms with van der Waals surface area (Å²) in [5.74, 6) is 1.87. The van der Waals surface area contributed by atoms with Crippen molar-refractivity contribution >= 4 is 67.5 Å². The SMILES string of the molecule is CCCCCCCCOc1cc(C=CC2(Br)CC(C)=CS2)c(OCCCCCCCC)cc1C=CC1(Br)CC(C)=CS1. The largest absolute Gasteiger partial charge is 0.493 e. The molecule has 3 rings (SSSR count). The Hall–Kier alpha value is -0.560. The Morgan fingerprint density at radius 3 is 1.38 bits per heavy atom. The number of unbranched alkanes of at least 4 members (excludes halogenated alkanes) is 10. The molecule has 0 fully saturated rings. The molecule has 0 aliphatic carbocycles. The molecule has 2 unspecified atom stereocenters. The van der Waals surface area contributed by atoms with E-state index in [9.17, 15) is 0 Å². The second-order valence-electron chi connectivity index (χ2n) is 11.9. The number of alkyl halides is 2. The van der Waals surface area contributed by atoms with E-state index < -0.39 is 0 Å². The minimum Gasteiger partial charge on any atom is -0.493 e. The number of rotatable bonds is 20. The molecule has 42 heavy (non-hydrogen) atoms. The van der Waals surface area contributed by atoms with E-state index in [2.05, 4.69) is 107 Å². The number of ether oxygens (including phenoxy) is 2. The Bertz CT molecular complexity index is 1010. The highest BCUT2D eigenvalue weighted by Gasteiger charge is 2.29. The third kappa shape index (κ3) is 12.8. The van der Waals surface area contributed by atoms with Crippen LogP contribution in [0.15, 0.2) is 46.2 Å². The zero-order chi connectivity index (χ0) is 30.3. The molecule has 2 heterocycles. The maximum Gasteiger partial charge on any atom is 0.127 e. The summed E-state index contributed by atoms with van der Waals surface area (Å²) < 4.78 is 12.8. The monoisotopic (exact) mass is 738 g/mol. The lowest BCUT2D eigenvalue weighted by Gasteiger charge is -2.19. The molecule has 1 aromatic rings. The fourth-order valence-electron chi connectivity index (χ4n) is 5.18. The molecule has 2 aliphatic rings. The smallest absolute Gasteiger partial charge is 0.127 e. The second kappa shape index (κ2) is 19.1. The summed E-state index contributed by atoms with van der Waals surface area (Å²) in [6, 6.07) is 4.40. The van der Waals surface area contributed by atoms with Gasteiger partial charge in [-0.1, -0.05) is 145 Å². The molecule has 2 nitrogen and oxygen atoms in total. The second-order valence-corrected chi connectivity index (χ2v) is 18.2. The van der Waals surface area contributed by atoms with Crippen LogP contribution in [0.2, 0.25) is 0 Å². The quantitative estimate of drug-likeness (QED) is 0.0978. The lowest BCUT2D eigenvalue weighted by Crippen LogP contribution is -2.08. The van der Waals surface area contributed by atoms with Crippen LogP contribution >= 0.6 is 55.4 Å². The fraction of sp³-hybridized carbons (Fsp3) is 0.611. The van der Waals surface area contributed by atoms with Crippen molar-refractivity contribution in [1.82, 2.24) is 0 Å². The van der Waals surface area contributed by atoms with Crippen molar-refractivity contribution in [2.75, 3.05) is 13.2 Å². The first kappa shape index (κ1) is 35.9. The Kier molecular flexibility index (Phi) is 16.3. The first-order valence-corrected chi connectivity index (χ1v) is 19.5.